The van der Waals surface area contributed by atoms with Crippen LogP contribution in [-0.4, -0.2) is 93.1 Å². The molecular formula is C29H38N6O3. The summed E-state index contributed by atoms with van der Waals surface area (Å²) in [5.74, 6) is 1.37. The van der Waals surface area contributed by atoms with E-state index in [0.717, 1.165) is 99.2 Å². The molecule has 3 saturated heterocycles. The van der Waals surface area contributed by atoms with Gasteiger partial charge in [0.05, 0.1) is 18.1 Å². The fraction of sp³-hybridized carbons (Fsp3) is 0.586. The molecule has 0 amide bonds. The van der Waals surface area contributed by atoms with Crippen molar-refractivity contribution in [3.05, 3.63) is 36.8 Å². The van der Waals surface area contributed by atoms with Crippen molar-refractivity contribution in [2.24, 2.45) is 0 Å². The molecule has 0 radical (unpaired) electrons. The summed E-state index contributed by atoms with van der Waals surface area (Å²) in [4.78, 5) is 14.0. The summed E-state index contributed by atoms with van der Waals surface area (Å²) in [7, 11) is 0. The average molecular weight is 519 g/mol. The van der Waals surface area contributed by atoms with Gasteiger partial charge in [-0.3, -0.25) is 9.80 Å². The van der Waals surface area contributed by atoms with E-state index in [1.54, 1.807) is 6.33 Å². The zero-order valence-corrected chi connectivity index (χ0v) is 22.0. The van der Waals surface area contributed by atoms with Gasteiger partial charge in [-0.1, -0.05) is 12.1 Å². The lowest BCUT2D eigenvalue weighted by molar-refractivity contribution is -0.0198. The minimum absolute atomic E-state index is 0.0960. The molecule has 1 aromatic carbocycles. The van der Waals surface area contributed by atoms with Crippen molar-refractivity contribution in [2.45, 2.75) is 62.3 Å². The molecule has 1 saturated carbocycles. The standard InChI is InChI=1S/C29H38N6O3/c30-27-26-25(20-2-1-3-24(14-20)37-18-29-6-4-23(38-29)5-7-29)17-35(28(26)32-19-31-27)22-15-21(16-22)34-10-8-33(9-11-34)12-13-36/h1-3,14,17,19,21-23,36H,4-13,15-16,18H2,(H2,30,31,32)/t21?,22?,23-,29+. The second-order valence-corrected chi connectivity index (χ2v) is 11.6. The number of anilines is 1. The van der Waals surface area contributed by atoms with E-state index in [9.17, 15) is 5.11 Å². The minimum Gasteiger partial charge on any atom is -0.491 e. The molecule has 38 heavy (non-hydrogen) atoms. The Bertz CT molecular complexity index is 1290. The lowest BCUT2D eigenvalue weighted by Crippen LogP contribution is -2.54. The summed E-state index contributed by atoms with van der Waals surface area (Å²) in [6.07, 6.45) is 11.0. The van der Waals surface area contributed by atoms with Gasteiger partial charge < -0.3 is 24.9 Å². The van der Waals surface area contributed by atoms with Gasteiger partial charge in [-0.15, -0.1) is 0 Å². The fourth-order valence-corrected chi connectivity index (χ4v) is 7.04. The van der Waals surface area contributed by atoms with Crippen molar-refractivity contribution < 1.29 is 14.6 Å². The quantitative estimate of drug-likeness (QED) is 0.469. The monoisotopic (exact) mass is 518 g/mol. The number of hydrogen-bond donors (Lipinski definition) is 2. The molecule has 1 aliphatic carbocycles. The molecule has 2 bridgehead atoms. The van der Waals surface area contributed by atoms with Gasteiger partial charge in [-0.25, -0.2) is 9.97 Å². The molecule has 0 unspecified atom stereocenters. The Morgan fingerprint density at radius 2 is 1.89 bits per heavy atom. The molecule has 2 aromatic heterocycles. The first kappa shape index (κ1) is 24.3. The van der Waals surface area contributed by atoms with Crippen molar-refractivity contribution in [2.75, 3.05) is 51.7 Å². The van der Waals surface area contributed by atoms with Crippen molar-refractivity contribution in [1.29, 1.82) is 0 Å². The van der Waals surface area contributed by atoms with Gasteiger partial charge in [-0.2, -0.15) is 0 Å². The molecule has 202 valence electrons. The second kappa shape index (κ2) is 9.79. The van der Waals surface area contributed by atoms with Crippen LogP contribution in [0.4, 0.5) is 5.82 Å². The van der Waals surface area contributed by atoms with Crippen molar-refractivity contribution in [1.82, 2.24) is 24.3 Å². The molecular weight excluding hydrogens is 480 g/mol. The smallest absolute Gasteiger partial charge is 0.146 e. The Morgan fingerprint density at radius 1 is 1.08 bits per heavy atom. The number of aromatic nitrogens is 3. The number of nitrogen functional groups attached to an aromatic ring is 1. The number of rotatable bonds is 8. The van der Waals surface area contributed by atoms with E-state index in [2.05, 4.69) is 42.7 Å². The number of benzene rings is 1. The molecule has 9 nitrogen and oxygen atoms in total. The van der Waals surface area contributed by atoms with Crippen molar-refractivity contribution >= 4 is 16.9 Å². The maximum Gasteiger partial charge on any atom is 0.146 e. The lowest BCUT2D eigenvalue weighted by atomic mass is 9.85. The fourth-order valence-electron chi connectivity index (χ4n) is 7.04. The highest BCUT2D eigenvalue weighted by Crippen LogP contribution is 2.45. The van der Waals surface area contributed by atoms with E-state index in [-0.39, 0.29) is 12.2 Å². The van der Waals surface area contributed by atoms with Crippen LogP contribution in [0.25, 0.3) is 22.2 Å². The number of hydrogen-bond acceptors (Lipinski definition) is 8. The first-order valence-corrected chi connectivity index (χ1v) is 14.2. The average Bonchev–Trinajstić information content (AvgIpc) is 3.63. The van der Waals surface area contributed by atoms with Crippen molar-refractivity contribution in [3.8, 4) is 16.9 Å². The Kier molecular flexibility index (Phi) is 6.27. The molecule has 0 atom stereocenters. The number of fused-ring (bicyclic) bond motifs is 3. The second-order valence-electron chi connectivity index (χ2n) is 11.6. The van der Waals surface area contributed by atoms with Crippen LogP contribution in [0.2, 0.25) is 0 Å². The first-order chi connectivity index (χ1) is 18.6. The number of nitrogens with zero attached hydrogens (tertiary/aromatic N) is 5. The molecule has 3 N–H and O–H groups in total. The summed E-state index contributed by atoms with van der Waals surface area (Å²) < 4.78 is 14.8. The zero-order chi connectivity index (χ0) is 25.7. The van der Waals surface area contributed by atoms with E-state index in [4.69, 9.17) is 15.2 Å². The number of β-amino-alcohol motifs (C(OH)–C–C–N with tert-alkyl or cyclic N) is 1. The third-order valence-electron chi connectivity index (χ3n) is 9.37. The summed E-state index contributed by atoms with van der Waals surface area (Å²) >= 11 is 0. The van der Waals surface area contributed by atoms with E-state index < -0.39 is 0 Å². The maximum absolute atomic E-state index is 9.22. The van der Waals surface area contributed by atoms with Gasteiger partial charge in [0, 0.05) is 56.6 Å². The van der Waals surface area contributed by atoms with Crippen LogP contribution in [0.3, 0.4) is 0 Å². The molecule has 3 aromatic rings. The molecule has 5 heterocycles. The Hall–Kier alpha value is -2.72. The third-order valence-corrected chi connectivity index (χ3v) is 9.37. The maximum atomic E-state index is 9.22. The molecule has 0 spiro atoms. The van der Waals surface area contributed by atoms with Crippen LogP contribution in [0.5, 0.6) is 5.75 Å². The highest BCUT2D eigenvalue weighted by Gasteiger charge is 2.46. The largest absolute Gasteiger partial charge is 0.491 e. The third kappa shape index (κ3) is 4.35. The van der Waals surface area contributed by atoms with E-state index in [0.29, 0.717) is 30.6 Å². The van der Waals surface area contributed by atoms with Crippen LogP contribution in [0.1, 0.15) is 44.6 Å². The van der Waals surface area contributed by atoms with E-state index in [1.165, 1.54) is 0 Å². The van der Waals surface area contributed by atoms with Gasteiger partial charge in [0.1, 0.15) is 35.7 Å². The highest BCUT2D eigenvalue weighted by molar-refractivity contribution is 6.00. The molecule has 4 fully saturated rings. The van der Waals surface area contributed by atoms with E-state index in [1.807, 2.05) is 12.1 Å². The zero-order valence-electron chi connectivity index (χ0n) is 22.0. The predicted molar refractivity (Wildman–Crippen MR) is 146 cm³/mol. The summed E-state index contributed by atoms with van der Waals surface area (Å²) in [6.45, 7) is 5.85. The minimum atomic E-state index is -0.0960. The Balaban J connectivity index is 1.09. The van der Waals surface area contributed by atoms with Crippen LogP contribution in [0, 0.1) is 0 Å². The first-order valence-electron chi connectivity index (χ1n) is 14.2. The van der Waals surface area contributed by atoms with Crippen LogP contribution >= 0.6 is 0 Å². The van der Waals surface area contributed by atoms with Gasteiger partial charge in [-0.05, 0) is 56.2 Å². The number of aliphatic hydroxyl groups is 1. The lowest BCUT2D eigenvalue weighted by Gasteiger charge is -2.46. The van der Waals surface area contributed by atoms with Gasteiger partial charge in [0.2, 0.25) is 0 Å². The topological polar surface area (TPSA) is 102 Å². The van der Waals surface area contributed by atoms with Gasteiger partial charge in [0.15, 0.2) is 0 Å². The number of nitrogens with two attached hydrogens (primary N) is 1. The number of ether oxygens (including phenoxy) is 2. The summed E-state index contributed by atoms with van der Waals surface area (Å²) in [5.41, 5.74) is 9.36. The summed E-state index contributed by atoms with van der Waals surface area (Å²) in [5, 5.41) is 10.1. The molecule has 3 aliphatic heterocycles. The van der Waals surface area contributed by atoms with Crippen LogP contribution in [0.15, 0.2) is 36.8 Å². The van der Waals surface area contributed by atoms with Crippen LogP contribution in [-0.2, 0) is 4.74 Å². The Labute approximate surface area is 223 Å². The SMILES string of the molecule is Nc1ncnc2c1c(-c1cccc(OC[C@]34CC[C@H](CC3)O4)c1)cn2C1CC(N2CCN(CCO)CC2)C1. The number of piperazine rings is 1. The highest BCUT2D eigenvalue weighted by atomic mass is 16.6. The summed E-state index contributed by atoms with van der Waals surface area (Å²) in [6, 6.07) is 9.30. The van der Waals surface area contributed by atoms with Crippen LogP contribution < -0.4 is 10.5 Å². The predicted octanol–water partition coefficient (Wildman–Crippen LogP) is 3.08. The Morgan fingerprint density at radius 3 is 2.63 bits per heavy atom. The molecule has 7 rings (SSSR count). The number of aliphatic hydroxyl groups excluding tert-OH is 1. The van der Waals surface area contributed by atoms with Gasteiger partial charge in [0.25, 0.3) is 0 Å². The normalized spacial score (nSPS) is 29.7. The van der Waals surface area contributed by atoms with Crippen molar-refractivity contribution in [3.63, 3.8) is 0 Å². The van der Waals surface area contributed by atoms with Gasteiger partial charge >= 0.3 is 0 Å². The van der Waals surface area contributed by atoms with E-state index >= 15 is 0 Å². The molecule has 4 aliphatic rings. The molecule has 9 heteroatoms.